The molecule has 2 N–H and O–H groups in total. The third kappa shape index (κ3) is 3.22. The summed E-state index contributed by atoms with van der Waals surface area (Å²) in [6.07, 6.45) is 0. The first-order valence-corrected chi connectivity index (χ1v) is 7.14. The van der Waals surface area contributed by atoms with E-state index >= 15 is 0 Å². The minimum Gasteiger partial charge on any atom is -0.463 e. The van der Waals surface area contributed by atoms with E-state index < -0.39 is 0 Å². The second-order valence-electron chi connectivity index (χ2n) is 4.41. The van der Waals surface area contributed by atoms with Gasteiger partial charge < -0.3 is 10.2 Å². The molecule has 2 heterocycles. The van der Waals surface area contributed by atoms with Gasteiger partial charge in [0.25, 0.3) is 0 Å². The number of nitrogens with two attached hydrogens (primary N) is 1. The van der Waals surface area contributed by atoms with Gasteiger partial charge in [-0.3, -0.25) is 4.90 Å². The van der Waals surface area contributed by atoms with Gasteiger partial charge in [0.1, 0.15) is 11.5 Å². The maximum absolute atomic E-state index is 5.75. The van der Waals surface area contributed by atoms with Gasteiger partial charge in [-0.05, 0) is 36.5 Å². The van der Waals surface area contributed by atoms with Crippen molar-refractivity contribution in [3.8, 4) is 0 Å². The van der Waals surface area contributed by atoms with Crippen LogP contribution in [-0.4, -0.2) is 11.4 Å². The van der Waals surface area contributed by atoms with Gasteiger partial charge in [-0.15, -0.1) is 11.3 Å². The van der Waals surface area contributed by atoms with Crippen molar-refractivity contribution in [1.29, 1.82) is 0 Å². The van der Waals surface area contributed by atoms with Gasteiger partial charge in [-0.1, -0.05) is 13.0 Å². The number of hydrogen-bond acceptors (Lipinski definition) is 4. The van der Waals surface area contributed by atoms with E-state index in [4.69, 9.17) is 10.2 Å². The van der Waals surface area contributed by atoms with Gasteiger partial charge in [0.15, 0.2) is 0 Å². The molecule has 0 amide bonds. The van der Waals surface area contributed by atoms with Crippen LogP contribution in [0.3, 0.4) is 0 Å². The average molecular weight is 264 g/mol. The molecule has 3 nitrogen and oxygen atoms in total. The minimum atomic E-state index is 0.475. The summed E-state index contributed by atoms with van der Waals surface area (Å²) in [5.41, 5.74) is 6.78. The molecule has 2 aromatic heterocycles. The van der Waals surface area contributed by atoms with Crippen LogP contribution >= 0.6 is 11.3 Å². The normalized spacial score (nSPS) is 11.3. The highest BCUT2D eigenvalue weighted by Crippen LogP contribution is 2.18. The maximum Gasteiger partial charge on any atom is 0.120 e. The lowest BCUT2D eigenvalue weighted by Crippen LogP contribution is -2.21. The van der Waals surface area contributed by atoms with E-state index in [1.165, 1.54) is 4.88 Å². The van der Waals surface area contributed by atoms with Gasteiger partial charge in [0.2, 0.25) is 0 Å². The Hall–Kier alpha value is -1.10. The van der Waals surface area contributed by atoms with Crippen molar-refractivity contribution in [3.05, 3.63) is 45.5 Å². The summed E-state index contributed by atoms with van der Waals surface area (Å²) < 4.78 is 5.75. The molecule has 4 heteroatoms. The molecule has 0 aliphatic heterocycles. The third-order valence-corrected chi connectivity index (χ3v) is 3.90. The lowest BCUT2D eigenvalue weighted by Gasteiger charge is -2.17. The van der Waals surface area contributed by atoms with E-state index in [1.54, 1.807) is 11.3 Å². The summed E-state index contributed by atoms with van der Waals surface area (Å²) in [7, 11) is 0. The molecule has 2 rings (SSSR count). The van der Waals surface area contributed by atoms with Crippen molar-refractivity contribution in [3.63, 3.8) is 0 Å². The largest absolute Gasteiger partial charge is 0.463 e. The molecule has 98 valence electrons. The summed E-state index contributed by atoms with van der Waals surface area (Å²) in [4.78, 5) is 3.75. The van der Waals surface area contributed by atoms with Crippen LogP contribution in [0.15, 0.2) is 28.0 Å². The molecule has 0 aromatic carbocycles. The van der Waals surface area contributed by atoms with E-state index in [0.29, 0.717) is 6.54 Å². The van der Waals surface area contributed by atoms with Crippen molar-refractivity contribution >= 4 is 11.3 Å². The van der Waals surface area contributed by atoms with Gasteiger partial charge in [0, 0.05) is 11.4 Å². The van der Waals surface area contributed by atoms with Crippen molar-refractivity contribution in [2.75, 3.05) is 6.54 Å². The van der Waals surface area contributed by atoms with E-state index in [2.05, 4.69) is 35.4 Å². The first-order chi connectivity index (χ1) is 8.72. The fraction of sp³-hybridized carbons (Fsp3) is 0.429. The molecule has 0 spiro atoms. The number of aryl methyl sites for hydroxylation is 1. The zero-order valence-corrected chi connectivity index (χ0v) is 11.8. The number of nitrogens with zero attached hydrogens (tertiary/aromatic N) is 1. The first kappa shape index (κ1) is 13.3. The molecule has 0 radical (unpaired) electrons. The van der Waals surface area contributed by atoms with Crippen LogP contribution in [0, 0.1) is 6.92 Å². The Balaban J connectivity index is 2.01. The van der Waals surface area contributed by atoms with Crippen molar-refractivity contribution < 1.29 is 4.42 Å². The molecule has 2 aromatic rings. The van der Waals surface area contributed by atoms with Crippen LogP contribution in [0.4, 0.5) is 0 Å². The summed E-state index contributed by atoms with van der Waals surface area (Å²) in [6, 6.07) is 6.36. The molecule has 0 saturated carbocycles. The Labute approximate surface area is 112 Å². The summed E-state index contributed by atoms with van der Waals surface area (Å²) >= 11 is 1.80. The van der Waals surface area contributed by atoms with Gasteiger partial charge in [-0.2, -0.15) is 0 Å². The Morgan fingerprint density at radius 2 is 2.22 bits per heavy atom. The van der Waals surface area contributed by atoms with Crippen molar-refractivity contribution in [2.45, 2.75) is 33.5 Å². The predicted octanol–water partition coefficient (Wildman–Crippen LogP) is 3.13. The quantitative estimate of drug-likeness (QED) is 0.871. The monoisotopic (exact) mass is 264 g/mol. The second-order valence-corrected chi connectivity index (χ2v) is 5.44. The Morgan fingerprint density at radius 1 is 1.39 bits per heavy atom. The maximum atomic E-state index is 5.75. The molecule has 18 heavy (non-hydrogen) atoms. The Morgan fingerprint density at radius 3 is 2.78 bits per heavy atom. The SMILES string of the molecule is CCN(Cc1cc(C)c(CN)o1)Cc1cccs1. The molecule has 0 saturated heterocycles. The molecule has 0 bridgehead atoms. The van der Waals surface area contributed by atoms with Crippen LogP contribution in [0.5, 0.6) is 0 Å². The van der Waals surface area contributed by atoms with Crippen LogP contribution in [0.25, 0.3) is 0 Å². The minimum absolute atomic E-state index is 0.475. The summed E-state index contributed by atoms with van der Waals surface area (Å²) in [5.74, 6) is 1.91. The molecular formula is C14H20N2OS. The third-order valence-electron chi connectivity index (χ3n) is 3.04. The van der Waals surface area contributed by atoms with Gasteiger partial charge in [0.05, 0.1) is 13.1 Å². The Bertz CT molecular complexity index is 476. The Kier molecular flexibility index (Phi) is 4.58. The van der Waals surface area contributed by atoms with E-state index in [0.717, 1.165) is 36.7 Å². The van der Waals surface area contributed by atoms with Crippen LogP contribution in [0.1, 0.15) is 28.9 Å². The van der Waals surface area contributed by atoms with E-state index in [-0.39, 0.29) is 0 Å². The van der Waals surface area contributed by atoms with Gasteiger partial charge in [-0.25, -0.2) is 0 Å². The molecule has 0 unspecified atom stereocenters. The average Bonchev–Trinajstić information content (AvgIpc) is 2.98. The zero-order valence-electron chi connectivity index (χ0n) is 11.0. The number of rotatable bonds is 6. The molecule has 0 fully saturated rings. The fourth-order valence-corrected chi connectivity index (χ4v) is 2.74. The number of thiophene rings is 1. The molecular weight excluding hydrogens is 244 g/mol. The second kappa shape index (κ2) is 6.18. The van der Waals surface area contributed by atoms with Crippen molar-refractivity contribution in [2.24, 2.45) is 5.73 Å². The lowest BCUT2D eigenvalue weighted by molar-refractivity contribution is 0.247. The predicted molar refractivity (Wildman–Crippen MR) is 75.4 cm³/mol. The van der Waals surface area contributed by atoms with Crippen LogP contribution in [-0.2, 0) is 19.6 Å². The van der Waals surface area contributed by atoms with Crippen LogP contribution < -0.4 is 5.73 Å². The topological polar surface area (TPSA) is 42.4 Å². The molecule has 0 aliphatic rings. The summed E-state index contributed by atoms with van der Waals surface area (Å²) in [5, 5.41) is 2.12. The highest BCUT2D eigenvalue weighted by molar-refractivity contribution is 7.09. The van der Waals surface area contributed by atoms with Gasteiger partial charge >= 0.3 is 0 Å². The highest BCUT2D eigenvalue weighted by atomic mass is 32.1. The fourth-order valence-electron chi connectivity index (χ4n) is 1.99. The lowest BCUT2D eigenvalue weighted by atomic mass is 10.2. The standard InChI is InChI=1S/C14H20N2OS/c1-3-16(10-13-5-4-6-18-13)9-12-7-11(2)14(8-15)17-12/h4-7H,3,8-10,15H2,1-2H3. The first-order valence-electron chi connectivity index (χ1n) is 6.26. The van der Waals surface area contributed by atoms with Crippen LogP contribution in [0.2, 0.25) is 0 Å². The van der Waals surface area contributed by atoms with E-state index in [1.807, 2.05) is 6.92 Å². The molecule has 0 aliphatic carbocycles. The molecule has 0 atom stereocenters. The number of furan rings is 1. The van der Waals surface area contributed by atoms with E-state index in [9.17, 15) is 0 Å². The van der Waals surface area contributed by atoms with Crippen molar-refractivity contribution in [1.82, 2.24) is 4.90 Å². The smallest absolute Gasteiger partial charge is 0.120 e. The summed E-state index contributed by atoms with van der Waals surface area (Å²) in [6.45, 7) is 7.53. The highest BCUT2D eigenvalue weighted by Gasteiger charge is 2.11. The number of hydrogen-bond donors (Lipinski definition) is 1. The zero-order chi connectivity index (χ0) is 13.0.